The molecule has 2 aliphatic carbocycles. The number of aliphatic hydroxyl groups is 1. The van der Waals surface area contributed by atoms with Gasteiger partial charge >= 0.3 is 5.97 Å². The molecule has 1 N–H and O–H groups in total. The van der Waals surface area contributed by atoms with Gasteiger partial charge in [-0.1, -0.05) is 20.8 Å². The molecule has 4 heteroatoms. The van der Waals surface area contributed by atoms with Gasteiger partial charge in [-0.2, -0.15) is 0 Å². The summed E-state index contributed by atoms with van der Waals surface area (Å²) in [6.07, 6.45) is 1.24. The second-order valence-corrected chi connectivity index (χ2v) is 6.90. The van der Waals surface area contributed by atoms with E-state index in [2.05, 4.69) is 6.92 Å². The molecule has 3 aliphatic rings. The zero-order valence-corrected chi connectivity index (χ0v) is 11.8. The Morgan fingerprint density at radius 3 is 2.63 bits per heavy atom. The maximum atomic E-state index is 12.1. The minimum atomic E-state index is -0.600. The maximum Gasteiger partial charge on any atom is 0.309 e. The van der Waals surface area contributed by atoms with Crippen LogP contribution >= 0.6 is 0 Å². The molecule has 1 heterocycles. The minimum Gasteiger partial charge on any atom is -0.461 e. The third kappa shape index (κ3) is 1.62. The molecule has 19 heavy (non-hydrogen) atoms. The first-order chi connectivity index (χ1) is 8.86. The predicted octanol–water partition coefficient (Wildman–Crippen LogP) is 1.55. The number of aliphatic hydroxyl groups excluding tert-OH is 1. The summed E-state index contributed by atoms with van der Waals surface area (Å²) in [6, 6.07) is 0. The average Bonchev–Trinajstić information content (AvgIpc) is 2.63. The fraction of sp³-hybridized carbons (Fsp3) is 0.867. The lowest BCUT2D eigenvalue weighted by molar-refractivity contribution is -0.173. The van der Waals surface area contributed by atoms with Crippen LogP contribution < -0.4 is 0 Å². The number of ether oxygens (including phenoxy) is 1. The lowest BCUT2D eigenvalue weighted by atomic mass is 9.52. The SMILES string of the molecule is C[C@@H]1C(=O)C[C@@H](O)[C@]2(C)CC[C@@H]3[C@H](OC(=O)[C@@H]3C)[C@@H]12. The molecule has 0 aromatic rings. The van der Waals surface area contributed by atoms with Crippen molar-refractivity contribution in [1.29, 1.82) is 0 Å². The number of hydrogen-bond donors (Lipinski definition) is 1. The van der Waals surface area contributed by atoms with E-state index < -0.39 is 6.10 Å². The number of fused-ring (bicyclic) bond motifs is 3. The Morgan fingerprint density at radius 2 is 1.95 bits per heavy atom. The van der Waals surface area contributed by atoms with Crippen molar-refractivity contribution in [2.75, 3.05) is 0 Å². The van der Waals surface area contributed by atoms with E-state index in [-0.39, 0.29) is 53.4 Å². The van der Waals surface area contributed by atoms with Gasteiger partial charge in [0.25, 0.3) is 0 Å². The van der Waals surface area contributed by atoms with Gasteiger partial charge in [-0.25, -0.2) is 0 Å². The third-order valence-corrected chi connectivity index (χ3v) is 6.02. The molecule has 7 atom stereocenters. The molecule has 0 bridgehead atoms. The molecular weight excluding hydrogens is 244 g/mol. The van der Waals surface area contributed by atoms with Gasteiger partial charge in [0.05, 0.1) is 12.0 Å². The molecule has 0 aromatic carbocycles. The summed E-state index contributed by atoms with van der Waals surface area (Å²) in [5.41, 5.74) is -0.293. The van der Waals surface area contributed by atoms with Crippen molar-refractivity contribution in [3.8, 4) is 0 Å². The normalized spacial score (nSPS) is 53.5. The van der Waals surface area contributed by atoms with E-state index in [9.17, 15) is 14.7 Å². The highest BCUT2D eigenvalue weighted by atomic mass is 16.6. The van der Waals surface area contributed by atoms with E-state index in [1.54, 1.807) is 0 Å². The van der Waals surface area contributed by atoms with E-state index >= 15 is 0 Å². The fourth-order valence-corrected chi connectivity index (χ4v) is 4.62. The van der Waals surface area contributed by atoms with E-state index in [1.165, 1.54) is 0 Å². The number of hydrogen-bond acceptors (Lipinski definition) is 4. The molecule has 2 saturated carbocycles. The Hall–Kier alpha value is -0.900. The molecule has 1 saturated heterocycles. The molecular formula is C15H22O4. The van der Waals surface area contributed by atoms with Crippen LogP contribution in [0, 0.1) is 29.1 Å². The van der Waals surface area contributed by atoms with Gasteiger partial charge in [0.15, 0.2) is 0 Å². The van der Waals surface area contributed by atoms with Gasteiger partial charge < -0.3 is 9.84 Å². The Kier molecular flexibility index (Phi) is 2.79. The first kappa shape index (κ1) is 13.1. The summed E-state index contributed by atoms with van der Waals surface area (Å²) in [6.45, 7) is 5.90. The molecule has 0 amide bonds. The molecule has 4 nitrogen and oxygen atoms in total. The highest BCUT2D eigenvalue weighted by Crippen LogP contribution is 2.56. The monoisotopic (exact) mass is 266 g/mol. The summed E-state index contributed by atoms with van der Waals surface area (Å²) in [5, 5.41) is 10.3. The van der Waals surface area contributed by atoms with Gasteiger partial charge in [0.2, 0.25) is 0 Å². The highest BCUT2D eigenvalue weighted by molar-refractivity contribution is 5.83. The van der Waals surface area contributed by atoms with Crippen LogP contribution in [0.3, 0.4) is 0 Å². The van der Waals surface area contributed by atoms with E-state index in [0.29, 0.717) is 0 Å². The Morgan fingerprint density at radius 1 is 1.26 bits per heavy atom. The summed E-state index contributed by atoms with van der Waals surface area (Å²) in [5.74, 6) is -0.0528. The molecule has 0 aromatic heterocycles. The molecule has 0 spiro atoms. The van der Waals surface area contributed by atoms with Gasteiger partial charge in [0.1, 0.15) is 11.9 Å². The van der Waals surface area contributed by atoms with E-state index in [1.807, 2.05) is 13.8 Å². The van der Waals surface area contributed by atoms with Crippen LogP contribution in [0.5, 0.6) is 0 Å². The van der Waals surface area contributed by atoms with Gasteiger partial charge in [-0.15, -0.1) is 0 Å². The summed E-state index contributed by atoms with van der Waals surface area (Å²) >= 11 is 0. The second-order valence-electron chi connectivity index (χ2n) is 6.90. The van der Waals surface area contributed by atoms with Crippen LogP contribution in [-0.2, 0) is 14.3 Å². The van der Waals surface area contributed by atoms with Crippen molar-refractivity contribution in [3.63, 3.8) is 0 Å². The van der Waals surface area contributed by atoms with Crippen LogP contribution in [0.25, 0.3) is 0 Å². The topological polar surface area (TPSA) is 63.6 Å². The van der Waals surface area contributed by atoms with E-state index in [4.69, 9.17) is 4.74 Å². The zero-order valence-electron chi connectivity index (χ0n) is 11.8. The Labute approximate surface area is 113 Å². The molecule has 3 fully saturated rings. The molecule has 106 valence electrons. The number of ketones is 1. The number of rotatable bonds is 0. The highest BCUT2D eigenvalue weighted by Gasteiger charge is 2.61. The van der Waals surface area contributed by atoms with Crippen molar-refractivity contribution in [2.45, 2.75) is 52.2 Å². The number of Topliss-reactive ketones (excluding diaryl/α,β-unsaturated/α-hetero) is 1. The summed E-state index contributed by atoms with van der Waals surface area (Å²) in [4.78, 5) is 23.9. The standard InChI is InChI=1S/C15H22O4/c1-7-9-4-5-15(3)11(17)6-10(16)8(2)12(15)13(9)19-14(7)18/h7-9,11-13,17H,4-6H2,1-3H3/t7-,8-,9+,11-,12-,13+,15+/m1/s1. The number of carbonyl (C=O) groups is 2. The number of esters is 1. The Balaban J connectivity index is 1.99. The van der Waals surface area contributed by atoms with Crippen LogP contribution in [-0.4, -0.2) is 29.1 Å². The first-order valence-corrected chi connectivity index (χ1v) is 7.27. The quantitative estimate of drug-likeness (QED) is 0.676. The third-order valence-electron chi connectivity index (χ3n) is 6.02. The lowest BCUT2D eigenvalue weighted by Gasteiger charge is -2.53. The lowest BCUT2D eigenvalue weighted by Crippen LogP contribution is -2.58. The van der Waals surface area contributed by atoms with Crippen LogP contribution in [0.2, 0.25) is 0 Å². The minimum absolute atomic E-state index is 0.0311. The summed E-state index contributed by atoms with van der Waals surface area (Å²) in [7, 11) is 0. The van der Waals surface area contributed by atoms with Crippen LogP contribution in [0.15, 0.2) is 0 Å². The molecule has 3 rings (SSSR count). The van der Waals surface area contributed by atoms with Gasteiger partial charge in [-0.05, 0) is 12.8 Å². The van der Waals surface area contributed by atoms with Crippen molar-refractivity contribution in [2.24, 2.45) is 29.1 Å². The van der Waals surface area contributed by atoms with Crippen molar-refractivity contribution >= 4 is 11.8 Å². The molecule has 0 unspecified atom stereocenters. The zero-order chi connectivity index (χ0) is 13.9. The predicted molar refractivity (Wildman–Crippen MR) is 68.2 cm³/mol. The van der Waals surface area contributed by atoms with Crippen LogP contribution in [0.1, 0.15) is 40.0 Å². The Bertz CT molecular complexity index is 432. The molecule has 1 aliphatic heterocycles. The largest absolute Gasteiger partial charge is 0.461 e. The summed E-state index contributed by atoms with van der Waals surface area (Å²) < 4.78 is 5.58. The smallest absolute Gasteiger partial charge is 0.309 e. The maximum absolute atomic E-state index is 12.1. The second kappa shape index (κ2) is 4.05. The number of carbonyl (C=O) groups excluding carboxylic acids is 2. The fourth-order valence-electron chi connectivity index (χ4n) is 4.62. The molecule has 0 radical (unpaired) electrons. The van der Waals surface area contributed by atoms with Crippen LogP contribution in [0.4, 0.5) is 0 Å². The first-order valence-electron chi connectivity index (χ1n) is 7.27. The van der Waals surface area contributed by atoms with Gasteiger partial charge in [0, 0.05) is 29.6 Å². The van der Waals surface area contributed by atoms with Gasteiger partial charge in [-0.3, -0.25) is 9.59 Å². The van der Waals surface area contributed by atoms with Crippen molar-refractivity contribution in [3.05, 3.63) is 0 Å². The van der Waals surface area contributed by atoms with Crippen molar-refractivity contribution in [1.82, 2.24) is 0 Å². The average molecular weight is 266 g/mol. The van der Waals surface area contributed by atoms with E-state index in [0.717, 1.165) is 12.8 Å². The van der Waals surface area contributed by atoms with Crippen molar-refractivity contribution < 1.29 is 19.4 Å².